The first-order valence-electron chi connectivity index (χ1n) is 24.8. The Labute approximate surface area is 416 Å². The zero-order valence-electron chi connectivity index (χ0n) is 41.0. The van der Waals surface area contributed by atoms with Gasteiger partial charge in [0.25, 0.3) is 11.1 Å². The van der Waals surface area contributed by atoms with Gasteiger partial charge in [-0.25, -0.2) is 24.9 Å². The Hall–Kier alpha value is -6.55. The van der Waals surface area contributed by atoms with E-state index in [-0.39, 0.29) is 39.5 Å². The minimum absolute atomic E-state index is 0.0568. The molecule has 4 aliphatic rings. The molecule has 372 valence electrons. The van der Waals surface area contributed by atoms with Crippen LogP contribution in [-0.2, 0) is 23.9 Å². The third-order valence-electron chi connectivity index (χ3n) is 14.0. The molecule has 19 nitrogen and oxygen atoms in total. The first kappa shape index (κ1) is 50.8. The van der Waals surface area contributed by atoms with Gasteiger partial charge in [-0.2, -0.15) is 15.5 Å². The number of piperazine rings is 2. The molecular weight excluding hydrogens is 917 g/mol. The van der Waals surface area contributed by atoms with Crippen molar-refractivity contribution < 1.29 is 4.21 Å². The van der Waals surface area contributed by atoms with Gasteiger partial charge in [0.05, 0.1) is 10.8 Å². The number of anilines is 3. The Bertz CT molecular complexity index is 3000. The van der Waals surface area contributed by atoms with E-state index in [1.54, 1.807) is 21.4 Å². The van der Waals surface area contributed by atoms with Gasteiger partial charge in [-0.3, -0.25) is 32.7 Å². The predicted octanol–water partition coefficient (Wildman–Crippen LogP) is 5.37. The minimum atomic E-state index is -1.31. The summed E-state index contributed by atoms with van der Waals surface area (Å²) >= 11 is 0. The average Bonchev–Trinajstić information content (AvgIpc) is 4.14. The highest BCUT2D eigenvalue weighted by Crippen LogP contribution is 2.32. The molecule has 2 saturated carbocycles. The lowest BCUT2D eigenvalue weighted by Crippen LogP contribution is -2.45. The number of hydrogen-bond acceptors (Lipinski definition) is 17. The molecule has 4 fully saturated rings. The number of nitrogens with two attached hydrogens (primary N) is 1. The Morgan fingerprint density at radius 1 is 0.634 bits per heavy atom. The summed E-state index contributed by atoms with van der Waals surface area (Å²) in [6.07, 6.45) is 16.4. The van der Waals surface area contributed by atoms with Gasteiger partial charge in [0, 0.05) is 119 Å². The topological polar surface area (TPSA) is 237 Å². The lowest BCUT2D eigenvalue weighted by molar-refractivity contribution is 0.132. The Morgan fingerprint density at radius 2 is 1.10 bits per heavy atom. The molecule has 0 radical (unpaired) electrons. The van der Waals surface area contributed by atoms with Gasteiger partial charge in [-0.05, 0) is 74.2 Å². The monoisotopic (exact) mass is 981 g/mol. The Kier molecular flexibility index (Phi) is 17.2. The summed E-state index contributed by atoms with van der Waals surface area (Å²) in [5.41, 5.74) is 8.68. The molecule has 0 aromatic carbocycles. The van der Waals surface area contributed by atoms with E-state index in [1.165, 1.54) is 42.7 Å². The number of hydrogen-bond donors (Lipinski definition) is 2. The summed E-state index contributed by atoms with van der Waals surface area (Å²) in [6.45, 7) is 17.6. The van der Waals surface area contributed by atoms with Crippen LogP contribution in [0, 0.1) is 22.7 Å². The summed E-state index contributed by atoms with van der Waals surface area (Å²) in [7, 11) is -1.31. The molecule has 0 bridgehead atoms. The summed E-state index contributed by atoms with van der Waals surface area (Å²) < 4.78 is 14.9. The molecule has 10 rings (SSSR count). The molecule has 0 amide bonds. The van der Waals surface area contributed by atoms with Crippen molar-refractivity contribution in [1.29, 1.82) is 10.5 Å². The second-order valence-electron chi connectivity index (χ2n) is 18.6. The first-order chi connectivity index (χ1) is 34.5. The van der Waals surface area contributed by atoms with Crippen molar-refractivity contribution in [2.45, 2.75) is 95.5 Å². The molecular formula is C51H64N16O3S. The second-order valence-corrected chi connectivity index (χ2v) is 19.9. The molecule has 1 atom stereocenters. The zero-order chi connectivity index (χ0) is 49.9. The molecule has 20 heteroatoms. The van der Waals surface area contributed by atoms with E-state index < -0.39 is 10.8 Å². The molecule has 2 aliphatic carbocycles. The van der Waals surface area contributed by atoms with Crippen LogP contribution in [0.1, 0.15) is 99.6 Å². The molecule has 1 unspecified atom stereocenters. The number of nitriles is 2. The van der Waals surface area contributed by atoms with Crippen molar-refractivity contribution in [3.63, 3.8) is 0 Å². The maximum atomic E-state index is 12.9. The normalized spacial score (nSPS) is 17.8. The summed E-state index contributed by atoms with van der Waals surface area (Å²) in [5.74, 6) is 1.64. The molecule has 8 heterocycles. The second kappa shape index (κ2) is 24.0. The van der Waals surface area contributed by atoms with E-state index in [4.69, 9.17) is 11.0 Å². The number of aromatic nitrogens is 8. The average molecular weight is 981 g/mol. The lowest BCUT2D eigenvalue weighted by atomic mass is 10.2. The third-order valence-corrected chi connectivity index (χ3v) is 14.7. The summed E-state index contributed by atoms with van der Waals surface area (Å²) in [6, 6.07) is 15.1. The van der Waals surface area contributed by atoms with Crippen molar-refractivity contribution in [1.82, 2.24) is 58.6 Å². The SMILES string of the molecule is CCN1CCN(Cc2ccc(N)nc2)CC1.CCN1CCN(Cc2ccc(Nc3ncc4cc(C#N)c(=O)n(C5CCCC5)c4n3)nc2)CC1.CS(=O)c1ncc2cc(C#N)c(=O)n(C3CCCC3)c2n1. The van der Waals surface area contributed by atoms with Crippen LogP contribution in [0.3, 0.4) is 0 Å². The van der Waals surface area contributed by atoms with Crippen molar-refractivity contribution in [3.8, 4) is 12.1 Å². The van der Waals surface area contributed by atoms with Crippen LogP contribution < -0.4 is 22.2 Å². The standard InChI is InChI=1S/C25H30N8O.C14H14N4O2S.C12H20N4/c1-2-31-9-11-32(12-10-31)17-18-7-8-22(27-15-18)29-25-28-16-20-13-19(14-26)24(34)33(23(20)30-25)21-5-3-4-6-21;1-21(20)14-16-8-10-6-9(7-15)13(19)18(12(10)17-14)11-4-2-3-5-11;1-2-15-5-7-16(8-6-15)10-11-3-4-12(13)14-9-11/h7-8,13,15-16,21H,2-6,9-12,17H2,1H3,(H,27,28,29,30);6,8,11H,2-5H2,1H3;3-4,9H,2,5-8,10H2,1H3,(H2,13,14). The van der Waals surface area contributed by atoms with Gasteiger partial charge in [-0.15, -0.1) is 0 Å². The molecule has 6 aromatic heterocycles. The fourth-order valence-electron chi connectivity index (χ4n) is 9.87. The molecule has 6 aromatic rings. The van der Waals surface area contributed by atoms with Gasteiger partial charge < -0.3 is 20.9 Å². The number of likely N-dealkylation sites (N-methyl/N-ethyl adjacent to an activating group) is 2. The van der Waals surface area contributed by atoms with Crippen molar-refractivity contribution in [3.05, 3.63) is 104 Å². The first-order valence-corrected chi connectivity index (χ1v) is 26.4. The van der Waals surface area contributed by atoms with Crippen LogP contribution in [0.5, 0.6) is 0 Å². The Balaban J connectivity index is 0.000000156. The van der Waals surface area contributed by atoms with Crippen LogP contribution in [0.15, 0.2) is 75.9 Å². The van der Waals surface area contributed by atoms with Gasteiger partial charge in [0.15, 0.2) is 0 Å². The van der Waals surface area contributed by atoms with E-state index in [9.17, 15) is 19.1 Å². The number of pyridine rings is 4. The Morgan fingerprint density at radius 3 is 1.54 bits per heavy atom. The fourth-order valence-corrected chi connectivity index (χ4v) is 10.3. The number of fused-ring (bicyclic) bond motifs is 2. The van der Waals surface area contributed by atoms with E-state index in [2.05, 4.69) is 80.8 Å². The number of nitrogens with zero attached hydrogens (tertiary/aromatic N) is 14. The van der Waals surface area contributed by atoms with E-state index >= 15 is 0 Å². The van der Waals surface area contributed by atoms with Gasteiger partial charge in [0.1, 0.15) is 46.2 Å². The highest BCUT2D eigenvalue weighted by atomic mass is 32.2. The minimum Gasteiger partial charge on any atom is -0.384 e. The van der Waals surface area contributed by atoms with E-state index in [1.807, 2.05) is 36.7 Å². The largest absolute Gasteiger partial charge is 0.384 e. The number of rotatable bonds is 11. The highest BCUT2D eigenvalue weighted by Gasteiger charge is 2.25. The van der Waals surface area contributed by atoms with Gasteiger partial charge in [0.2, 0.25) is 11.1 Å². The van der Waals surface area contributed by atoms with E-state index in [0.717, 1.165) is 117 Å². The van der Waals surface area contributed by atoms with Crippen LogP contribution in [0.2, 0.25) is 0 Å². The van der Waals surface area contributed by atoms with Gasteiger partial charge in [-0.1, -0.05) is 51.7 Å². The fraction of sp³-hybridized carbons (Fsp3) is 0.490. The molecule has 3 N–H and O–H groups in total. The number of nitrogens with one attached hydrogen (secondary N) is 1. The van der Waals surface area contributed by atoms with Crippen LogP contribution in [-0.4, -0.2) is 135 Å². The molecule has 2 saturated heterocycles. The molecule has 0 spiro atoms. The smallest absolute Gasteiger partial charge is 0.270 e. The van der Waals surface area contributed by atoms with Crippen molar-refractivity contribution >= 4 is 50.5 Å². The predicted molar refractivity (Wildman–Crippen MR) is 275 cm³/mol. The van der Waals surface area contributed by atoms with Crippen LogP contribution in [0.25, 0.3) is 22.1 Å². The maximum absolute atomic E-state index is 12.9. The summed E-state index contributed by atoms with van der Waals surface area (Å²) in [5, 5.41) is 23.3. The van der Waals surface area contributed by atoms with Crippen molar-refractivity contribution in [2.24, 2.45) is 0 Å². The number of nitrogen functional groups attached to an aromatic ring is 1. The lowest BCUT2D eigenvalue weighted by Gasteiger charge is -2.33. The van der Waals surface area contributed by atoms with Crippen LogP contribution in [0.4, 0.5) is 17.6 Å². The maximum Gasteiger partial charge on any atom is 0.270 e. The van der Waals surface area contributed by atoms with Gasteiger partial charge >= 0.3 is 0 Å². The highest BCUT2D eigenvalue weighted by molar-refractivity contribution is 7.84. The van der Waals surface area contributed by atoms with E-state index in [0.29, 0.717) is 39.7 Å². The molecule has 71 heavy (non-hydrogen) atoms. The quantitative estimate of drug-likeness (QED) is 0.155. The third kappa shape index (κ3) is 12.7. The summed E-state index contributed by atoms with van der Waals surface area (Å²) in [4.78, 5) is 61.4. The zero-order valence-corrected chi connectivity index (χ0v) is 41.9. The molecule has 2 aliphatic heterocycles. The van der Waals surface area contributed by atoms with Crippen LogP contribution >= 0.6 is 0 Å². The van der Waals surface area contributed by atoms with Crippen molar-refractivity contribution in [2.75, 3.05) is 82.8 Å².